The Morgan fingerprint density at radius 2 is 0.858 bits per heavy atom. The van der Waals surface area contributed by atoms with Gasteiger partial charge in [0.15, 0.2) is 11.6 Å². The van der Waals surface area contributed by atoms with Crippen molar-refractivity contribution in [3.63, 3.8) is 0 Å². The van der Waals surface area contributed by atoms with Gasteiger partial charge in [-0.15, -0.1) is 11.3 Å². The second-order valence-electron chi connectivity index (χ2n) is 36.2. The Labute approximate surface area is 671 Å². The SMILES string of the molecule is CC(C)(C)c1nc(N)ncc1C(F)(F)F.CC(C)(C)c1ncc(C#N)c(N)n1.CC(C)(C)c1ncc(C(F)(F)F)c(N)n1.CNC(=O)c1sc(C(C)(C)C)nc1C(C)C.Cc1nc(C(=O)CCCN(C)C)nc(C(C)(C)C)c1C(C)C.Cc1nc(C(N)=O)nc(C(C)(C)C)c1C(C)C.Cc1nc(N)nc(C(C)(C)C)c1C(C)C. The highest BCUT2D eigenvalue weighted by Gasteiger charge is 2.39. The van der Waals surface area contributed by atoms with E-state index in [4.69, 9.17) is 33.9 Å². The van der Waals surface area contributed by atoms with Gasteiger partial charge in [-0.1, -0.05) is 201 Å². The molecule has 31 heteroatoms. The molecule has 2 amide bonds. The van der Waals surface area contributed by atoms with Crippen molar-refractivity contribution in [3.05, 3.63) is 131 Å². The molecule has 7 heterocycles. The normalized spacial score (nSPS) is 12.2. The van der Waals surface area contributed by atoms with Gasteiger partial charge in [-0.05, 0) is 88.2 Å². The van der Waals surface area contributed by atoms with Crippen LogP contribution in [0.25, 0.3) is 0 Å². The van der Waals surface area contributed by atoms with Crippen LogP contribution in [0.3, 0.4) is 0 Å². The summed E-state index contributed by atoms with van der Waals surface area (Å²) in [6, 6.07) is 1.92. The van der Waals surface area contributed by atoms with Crippen molar-refractivity contribution >= 4 is 52.5 Å². The number of alkyl halides is 6. The number of hydrogen-bond acceptors (Lipinski definition) is 23. The number of amides is 2. The lowest BCUT2D eigenvalue weighted by Gasteiger charge is -2.25. The topological polar surface area (TPSA) is 388 Å². The van der Waals surface area contributed by atoms with Gasteiger partial charge in [0.05, 0.1) is 45.2 Å². The van der Waals surface area contributed by atoms with Gasteiger partial charge in [0, 0.05) is 80.8 Å². The van der Waals surface area contributed by atoms with Crippen molar-refractivity contribution < 1.29 is 40.7 Å². The van der Waals surface area contributed by atoms with Crippen LogP contribution < -0.4 is 34.0 Å². The Morgan fingerprint density at radius 3 is 1.20 bits per heavy atom. The maximum atomic E-state index is 12.6. The quantitative estimate of drug-likeness (QED) is 0.0517. The van der Waals surface area contributed by atoms with Crippen LogP contribution in [0, 0.1) is 32.1 Å². The van der Waals surface area contributed by atoms with Crippen LogP contribution in [0.1, 0.15) is 364 Å². The van der Waals surface area contributed by atoms with E-state index >= 15 is 0 Å². The smallest absolute Gasteiger partial charge is 0.383 e. The molecule has 7 rings (SSSR count). The third kappa shape index (κ3) is 31.7. The fraction of sp³-hybridized carbons (Fsp3) is 0.622. The standard InChI is InChI=1S/C18H31N3O.C13H21N3O.C12H21N3.C12H20N2OS.2C9H12F3N3.C9H12N4/c1-12(2)15-13(3)19-17(20-16(15)18(4,5)6)14(22)10-9-11-21(7)8;1-7(2)9-8(3)15-12(11(14)17)16-10(9)13(4,5)6;1-7(2)9-8(3)14-11(13)15-10(9)12(4,5)6;1-7(2)8-9(10(15)13-6)16-11(14-8)12(3,4)5;1-8(2,3)7-14-4-5(6(13)15-7)9(10,11)12;1-8(2,3)6-5(9(10,11)12)4-14-7(13)15-6;1-9(2,3)8-12-5-6(4-10)7(11)13-8/h12H,9-11H2,1-8H3;7H,1-6H3,(H2,14,17);7H,1-6H3,(H2,13,14,15);7H,1-6H3,(H,13,15);2*4H,1-3H3,(H2,13,14,15);5H,1-3H3,(H2,11,12,13). The largest absolute Gasteiger partial charge is 0.421 e. The van der Waals surface area contributed by atoms with Crippen LogP contribution in [0.5, 0.6) is 0 Å². The number of nitrogens with one attached hydrogen (secondary N) is 1. The number of aromatic nitrogens is 13. The molecule has 24 nitrogen and oxygen atoms in total. The molecule has 113 heavy (non-hydrogen) atoms. The second kappa shape index (κ2) is 40.3. The highest BCUT2D eigenvalue weighted by molar-refractivity contribution is 7.14. The number of hydrogen-bond donors (Lipinski definition) is 6. The summed E-state index contributed by atoms with van der Waals surface area (Å²) < 4.78 is 74.7. The lowest BCUT2D eigenvalue weighted by atomic mass is 9.84. The maximum Gasteiger partial charge on any atom is 0.421 e. The van der Waals surface area contributed by atoms with Gasteiger partial charge in [-0.25, -0.2) is 64.8 Å². The molecular formula is C82H129F6N21O3S. The Balaban J connectivity index is 0.000000663. The highest BCUT2D eigenvalue weighted by Crippen LogP contribution is 2.39. The third-order valence-electron chi connectivity index (χ3n) is 16.3. The first-order valence-electron chi connectivity index (χ1n) is 37.4. The number of primary amides is 1. The number of nitrogen functional groups attached to an aromatic ring is 4. The van der Waals surface area contributed by atoms with E-state index in [1.807, 2.05) is 61.7 Å². The van der Waals surface area contributed by atoms with Crippen LogP contribution in [-0.4, -0.2) is 115 Å². The molecule has 0 aliphatic heterocycles. The third-order valence-corrected chi connectivity index (χ3v) is 17.8. The minimum Gasteiger partial charge on any atom is -0.383 e. The number of thiazole rings is 1. The molecule has 628 valence electrons. The molecule has 11 N–H and O–H groups in total. The Morgan fingerprint density at radius 1 is 0.478 bits per heavy atom. The first-order valence-corrected chi connectivity index (χ1v) is 38.3. The van der Waals surface area contributed by atoms with Gasteiger partial charge < -0.3 is 38.9 Å². The number of halogens is 6. The zero-order chi connectivity index (χ0) is 88.5. The summed E-state index contributed by atoms with van der Waals surface area (Å²) in [5.74, 6) is 2.23. The summed E-state index contributed by atoms with van der Waals surface area (Å²) in [4.78, 5) is 91.6. The van der Waals surface area contributed by atoms with Crippen LogP contribution in [0.2, 0.25) is 0 Å². The molecule has 0 radical (unpaired) electrons. The second-order valence-corrected chi connectivity index (χ2v) is 37.2. The van der Waals surface area contributed by atoms with Crippen LogP contribution in [0.15, 0.2) is 18.6 Å². The minimum absolute atomic E-state index is 0.000574. The molecule has 7 aromatic rings. The van der Waals surface area contributed by atoms with E-state index in [0.29, 0.717) is 53.2 Å². The molecule has 0 unspecified atom stereocenters. The van der Waals surface area contributed by atoms with Crippen molar-refractivity contribution in [3.8, 4) is 6.07 Å². The molecule has 0 spiro atoms. The van der Waals surface area contributed by atoms with Gasteiger partial charge in [0.2, 0.25) is 17.7 Å². The van der Waals surface area contributed by atoms with E-state index in [0.717, 1.165) is 80.7 Å². The lowest BCUT2D eigenvalue weighted by molar-refractivity contribution is -0.139. The average molecular weight is 1600 g/mol. The molecule has 0 saturated heterocycles. The molecule has 0 aliphatic rings. The van der Waals surface area contributed by atoms with E-state index in [1.165, 1.54) is 28.7 Å². The van der Waals surface area contributed by atoms with Crippen molar-refractivity contribution in [2.24, 2.45) is 5.73 Å². The fourth-order valence-corrected chi connectivity index (χ4v) is 12.0. The van der Waals surface area contributed by atoms with E-state index < -0.39 is 46.0 Å². The molecular weight excluding hydrogens is 1470 g/mol. The molecule has 0 aromatic carbocycles. The summed E-state index contributed by atoms with van der Waals surface area (Å²) >= 11 is 1.50. The number of anilines is 4. The van der Waals surface area contributed by atoms with Gasteiger partial charge in [0.25, 0.3) is 11.8 Å². The average Bonchev–Trinajstić information content (AvgIpc) is 1.51. The predicted molar refractivity (Wildman–Crippen MR) is 442 cm³/mol. The monoisotopic (exact) mass is 1600 g/mol. The molecule has 0 saturated carbocycles. The van der Waals surface area contributed by atoms with Gasteiger partial charge in [0.1, 0.15) is 45.4 Å². The summed E-state index contributed by atoms with van der Waals surface area (Å²) in [6.07, 6.45) is -4.70. The maximum absolute atomic E-state index is 12.6. The van der Waals surface area contributed by atoms with E-state index in [-0.39, 0.29) is 68.0 Å². The van der Waals surface area contributed by atoms with Gasteiger partial charge in [-0.3, -0.25) is 14.4 Å². The van der Waals surface area contributed by atoms with Gasteiger partial charge in [-0.2, -0.15) is 31.6 Å². The highest BCUT2D eigenvalue weighted by atomic mass is 32.1. The van der Waals surface area contributed by atoms with Crippen LogP contribution in [0.4, 0.5) is 49.9 Å². The number of Topliss-reactive ketones (excluding diaryl/α,β-unsaturated/α-hetero) is 1. The molecule has 0 fully saturated rings. The first-order chi connectivity index (χ1) is 50.9. The van der Waals surface area contributed by atoms with Crippen LogP contribution in [-0.2, 0) is 50.3 Å². The molecule has 0 aliphatic carbocycles. The number of carbonyl (C=O) groups is 3. The number of nitrogens with two attached hydrogens (primary N) is 5. The Kier molecular flexibility index (Phi) is 36.4. The zero-order valence-electron chi connectivity index (χ0n) is 73.7. The number of nitrogens with zero attached hydrogens (tertiary/aromatic N) is 15. The number of rotatable bonds is 11. The van der Waals surface area contributed by atoms with Crippen molar-refractivity contribution in [2.45, 2.75) is 308 Å². The van der Waals surface area contributed by atoms with Gasteiger partial charge >= 0.3 is 12.4 Å². The van der Waals surface area contributed by atoms with Crippen molar-refractivity contribution in [1.29, 1.82) is 5.26 Å². The molecule has 7 aromatic heterocycles. The number of ketones is 1. The predicted octanol–water partition coefficient (Wildman–Crippen LogP) is 17.7. The van der Waals surface area contributed by atoms with Crippen molar-refractivity contribution in [1.82, 2.24) is 75.0 Å². The van der Waals surface area contributed by atoms with Crippen molar-refractivity contribution in [2.75, 3.05) is 50.6 Å². The number of nitriles is 1. The summed E-state index contributed by atoms with van der Waals surface area (Å²) in [6.45, 7) is 65.5. The summed E-state index contributed by atoms with van der Waals surface area (Å²) in [5, 5.41) is 12.3. The van der Waals surface area contributed by atoms with Crippen LogP contribution >= 0.6 is 11.3 Å². The first kappa shape index (κ1) is 102. The summed E-state index contributed by atoms with van der Waals surface area (Å²) in [5.41, 5.74) is 34.2. The molecule has 0 atom stereocenters. The number of aryl methyl sites for hydroxylation is 3. The number of carbonyl (C=O) groups excluding carboxylic acids is 3. The zero-order valence-corrected chi connectivity index (χ0v) is 74.5. The fourth-order valence-electron chi connectivity index (χ4n) is 10.8. The molecule has 0 bridgehead atoms. The Bertz CT molecular complexity index is 4380. The van der Waals surface area contributed by atoms with E-state index in [2.05, 4.69) is 213 Å². The lowest BCUT2D eigenvalue weighted by Crippen LogP contribution is -2.24. The van der Waals surface area contributed by atoms with E-state index in [9.17, 15) is 40.7 Å². The Hall–Kier alpha value is -9.05. The summed E-state index contributed by atoms with van der Waals surface area (Å²) in [7, 11) is 5.68. The van der Waals surface area contributed by atoms with E-state index in [1.54, 1.807) is 48.6 Å². The minimum atomic E-state index is -4.50.